The number of benzene rings is 1. The number of hydrogen-bond donors (Lipinski definition) is 1. The van der Waals surface area contributed by atoms with Gasteiger partial charge in [0.2, 0.25) is 0 Å². The lowest BCUT2D eigenvalue weighted by Gasteiger charge is -2.28. The number of rotatable bonds is 6. The normalized spacial score (nSPS) is 13.6. The van der Waals surface area contributed by atoms with Gasteiger partial charge in [0.1, 0.15) is 5.75 Å². The maximum Gasteiger partial charge on any atom is 0.124 e. The van der Waals surface area contributed by atoms with Crippen molar-refractivity contribution in [2.24, 2.45) is 5.41 Å². The minimum Gasteiger partial charge on any atom is -0.491 e. The van der Waals surface area contributed by atoms with Crippen molar-refractivity contribution < 1.29 is 4.74 Å². The van der Waals surface area contributed by atoms with Crippen molar-refractivity contribution in [3.8, 4) is 5.75 Å². The van der Waals surface area contributed by atoms with Crippen molar-refractivity contribution >= 4 is 0 Å². The third kappa shape index (κ3) is 5.65. The van der Waals surface area contributed by atoms with Gasteiger partial charge in [0, 0.05) is 11.6 Å². The molecule has 0 spiro atoms. The van der Waals surface area contributed by atoms with Crippen LogP contribution in [0.3, 0.4) is 0 Å². The van der Waals surface area contributed by atoms with E-state index in [-0.39, 0.29) is 11.5 Å². The molecule has 0 aliphatic rings. The van der Waals surface area contributed by atoms with Crippen molar-refractivity contribution in [3.63, 3.8) is 0 Å². The molecule has 19 heavy (non-hydrogen) atoms. The molecule has 0 radical (unpaired) electrons. The first-order valence-corrected chi connectivity index (χ1v) is 7.32. The van der Waals surface area contributed by atoms with Crippen LogP contribution in [0.5, 0.6) is 5.75 Å². The van der Waals surface area contributed by atoms with Crippen molar-refractivity contribution in [2.75, 3.05) is 6.54 Å². The molecule has 1 atom stereocenters. The van der Waals surface area contributed by atoms with Gasteiger partial charge < -0.3 is 10.1 Å². The van der Waals surface area contributed by atoms with Gasteiger partial charge in [-0.05, 0) is 38.3 Å². The second-order valence-electron chi connectivity index (χ2n) is 6.58. The quantitative estimate of drug-likeness (QED) is 0.812. The van der Waals surface area contributed by atoms with Gasteiger partial charge in [-0.2, -0.15) is 0 Å². The monoisotopic (exact) mass is 263 g/mol. The van der Waals surface area contributed by atoms with E-state index in [0.717, 1.165) is 18.7 Å². The zero-order valence-electron chi connectivity index (χ0n) is 13.3. The summed E-state index contributed by atoms with van der Waals surface area (Å²) in [5, 5.41) is 3.59. The molecule has 0 aromatic heterocycles. The lowest BCUT2D eigenvalue weighted by atomic mass is 9.85. The minimum atomic E-state index is 0.207. The van der Waals surface area contributed by atoms with Gasteiger partial charge in [-0.15, -0.1) is 0 Å². The topological polar surface area (TPSA) is 21.3 Å². The van der Waals surface area contributed by atoms with Crippen molar-refractivity contribution in [1.29, 1.82) is 0 Å². The summed E-state index contributed by atoms with van der Waals surface area (Å²) >= 11 is 0. The third-order valence-corrected chi connectivity index (χ3v) is 2.92. The van der Waals surface area contributed by atoms with E-state index in [9.17, 15) is 0 Å². The molecule has 0 heterocycles. The molecule has 0 aliphatic carbocycles. The van der Waals surface area contributed by atoms with E-state index < -0.39 is 0 Å². The minimum absolute atomic E-state index is 0.207. The van der Waals surface area contributed by atoms with Crippen LogP contribution in [0.2, 0.25) is 0 Å². The van der Waals surface area contributed by atoms with Crippen LogP contribution in [0, 0.1) is 5.41 Å². The highest BCUT2D eigenvalue weighted by atomic mass is 16.5. The summed E-state index contributed by atoms with van der Waals surface area (Å²) in [5.41, 5.74) is 1.56. The number of para-hydroxylation sites is 1. The van der Waals surface area contributed by atoms with Crippen LogP contribution >= 0.6 is 0 Å². The van der Waals surface area contributed by atoms with E-state index in [1.807, 2.05) is 6.07 Å². The SMILES string of the molecule is CCNC(CC(C)(C)C)c1ccccc1OC(C)C. The van der Waals surface area contributed by atoms with Crippen molar-refractivity contribution in [1.82, 2.24) is 5.32 Å². The summed E-state index contributed by atoms with van der Waals surface area (Å²) in [5.74, 6) is 1.01. The maximum atomic E-state index is 5.95. The first-order chi connectivity index (χ1) is 8.83. The van der Waals surface area contributed by atoms with E-state index in [1.54, 1.807) is 0 Å². The average Bonchev–Trinajstić information content (AvgIpc) is 2.26. The number of ether oxygens (including phenoxy) is 1. The Hall–Kier alpha value is -1.02. The highest BCUT2D eigenvalue weighted by molar-refractivity contribution is 5.36. The Labute approximate surface area is 118 Å². The van der Waals surface area contributed by atoms with Crippen LogP contribution in [-0.4, -0.2) is 12.6 Å². The Morgan fingerprint density at radius 3 is 2.32 bits per heavy atom. The fourth-order valence-corrected chi connectivity index (χ4v) is 2.28. The third-order valence-electron chi connectivity index (χ3n) is 2.92. The molecule has 108 valence electrons. The fraction of sp³-hybridized carbons (Fsp3) is 0.647. The molecule has 1 unspecified atom stereocenters. The lowest BCUT2D eigenvalue weighted by Crippen LogP contribution is -2.26. The Morgan fingerprint density at radius 1 is 1.16 bits per heavy atom. The zero-order chi connectivity index (χ0) is 14.5. The van der Waals surface area contributed by atoms with Gasteiger partial charge in [-0.25, -0.2) is 0 Å². The molecule has 1 rings (SSSR count). The molecule has 0 saturated carbocycles. The summed E-state index contributed by atoms with van der Waals surface area (Å²) in [7, 11) is 0. The van der Waals surface area contributed by atoms with Crippen LogP contribution in [0.1, 0.15) is 59.6 Å². The van der Waals surface area contributed by atoms with E-state index in [2.05, 4.69) is 65.1 Å². The standard InChI is InChI=1S/C17H29NO/c1-7-18-15(12-17(4,5)6)14-10-8-9-11-16(14)19-13(2)3/h8-11,13,15,18H,7,12H2,1-6H3. The fourth-order valence-electron chi connectivity index (χ4n) is 2.28. The van der Waals surface area contributed by atoms with Gasteiger partial charge >= 0.3 is 0 Å². The van der Waals surface area contributed by atoms with Crippen LogP contribution in [0.15, 0.2) is 24.3 Å². The molecule has 0 bridgehead atoms. The van der Waals surface area contributed by atoms with E-state index in [4.69, 9.17) is 4.74 Å². The van der Waals surface area contributed by atoms with Crippen LogP contribution in [0.25, 0.3) is 0 Å². The Kier molecular flexibility index (Phi) is 5.86. The number of nitrogens with one attached hydrogen (secondary N) is 1. The van der Waals surface area contributed by atoms with Crippen LogP contribution < -0.4 is 10.1 Å². The molecule has 1 aromatic carbocycles. The molecule has 2 heteroatoms. The average molecular weight is 263 g/mol. The van der Waals surface area contributed by atoms with Gasteiger partial charge in [-0.1, -0.05) is 45.9 Å². The molecule has 0 fully saturated rings. The predicted molar refractivity (Wildman–Crippen MR) is 82.7 cm³/mol. The summed E-state index contributed by atoms with van der Waals surface area (Å²) in [6.07, 6.45) is 1.30. The van der Waals surface area contributed by atoms with Crippen molar-refractivity contribution in [2.45, 2.75) is 60.1 Å². The predicted octanol–water partition coefficient (Wildman–Crippen LogP) is 4.56. The Morgan fingerprint density at radius 2 is 1.79 bits per heavy atom. The van der Waals surface area contributed by atoms with E-state index >= 15 is 0 Å². The molecular weight excluding hydrogens is 234 g/mol. The summed E-state index contributed by atoms with van der Waals surface area (Å²) in [6, 6.07) is 8.73. The molecule has 0 saturated heterocycles. The molecule has 1 N–H and O–H groups in total. The Bertz CT molecular complexity index is 379. The highest BCUT2D eigenvalue weighted by Gasteiger charge is 2.22. The zero-order valence-corrected chi connectivity index (χ0v) is 13.3. The number of hydrogen-bond acceptors (Lipinski definition) is 2. The van der Waals surface area contributed by atoms with Gasteiger partial charge in [0.25, 0.3) is 0 Å². The maximum absolute atomic E-state index is 5.95. The molecule has 2 nitrogen and oxygen atoms in total. The van der Waals surface area contributed by atoms with Gasteiger partial charge in [0.15, 0.2) is 0 Å². The van der Waals surface area contributed by atoms with Crippen molar-refractivity contribution in [3.05, 3.63) is 29.8 Å². The molecule has 1 aromatic rings. The van der Waals surface area contributed by atoms with Crippen LogP contribution in [-0.2, 0) is 0 Å². The second kappa shape index (κ2) is 6.95. The first kappa shape index (κ1) is 16.0. The molecule has 0 amide bonds. The molecular formula is C17H29NO. The van der Waals surface area contributed by atoms with Gasteiger partial charge in [0.05, 0.1) is 6.10 Å². The Balaban J connectivity index is 3.00. The van der Waals surface area contributed by atoms with Crippen LogP contribution in [0.4, 0.5) is 0 Å². The smallest absolute Gasteiger partial charge is 0.124 e. The molecule has 0 aliphatic heterocycles. The van der Waals surface area contributed by atoms with E-state index in [1.165, 1.54) is 5.56 Å². The first-order valence-electron chi connectivity index (χ1n) is 7.32. The highest BCUT2D eigenvalue weighted by Crippen LogP contribution is 2.34. The lowest BCUT2D eigenvalue weighted by molar-refractivity contribution is 0.233. The summed E-state index contributed by atoms with van der Waals surface area (Å²) in [4.78, 5) is 0. The second-order valence-corrected chi connectivity index (χ2v) is 6.58. The van der Waals surface area contributed by atoms with E-state index in [0.29, 0.717) is 6.04 Å². The van der Waals surface area contributed by atoms with Gasteiger partial charge in [-0.3, -0.25) is 0 Å². The summed E-state index contributed by atoms with van der Waals surface area (Å²) in [6.45, 7) is 14.1. The summed E-state index contributed by atoms with van der Waals surface area (Å²) < 4.78 is 5.95. The largest absolute Gasteiger partial charge is 0.491 e.